The first-order chi connectivity index (χ1) is 12.5. The third-order valence-corrected chi connectivity index (χ3v) is 5.80. The Morgan fingerprint density at radius 1 is 1.27 bits per heavy atom. The van der Waals surface area contributed by atoms with Crippen molar-refractivity contribution in [2.45, 2.75) is 49.6 Å². The van der Waals surface area contributed by atoms with E-state index < -0.39 is 11.9 Å². The summed E-state index contributed by atoms with van der Waals surface area (Å²) in [6, 6.07) is 5.00. The van der Waals surface area contributed by atoms with Crippen LogP contribution < -0.4 is 11.1 Å². The lowest BCUT2D eigenvalue weighted by molar-refractivity contribution is -0.137. The van der Waals surface area contributed by atoms with Gasteiger partial charge in [-0.2, -0.15) is 0 Å². The number of carbonyl (C=O) groups is 4. The van der Waals surface area contributed by atoms with Gasteiger partial charge in [-0.1, -0.05) is 6.07 Å². The van der Waals surface area contributed by atoms with Gasteiger partial charge in [0.05, 0.1) is 0 Å². The second-order valence-corrected chi connectivity index (χ2v) is 7.59. The molecule has 0 radical (unpaired) electrons. The second-order valence-electron chi connectivity index (χ2n) is 6.45. The molecule has 3 rings (SSSR count). The van der Waals surface area contributed by atoms with Crippen LogP contribution in [0.1, 0.15) is 48.0 Å². The molecule has 138 valence electrons. The fourth-order valence-corrected chi connectivity index (χ4v) is 4.37. The first-order valence-corrected chi connectivity index (χ1v) is 9.63. The van der Waals surface area contributed by atoms with Crippen LogP contribution in [0.2, 0.25) is 0 Å². The van der Waals surface area contributed by atoms with E-state index in [2.05, 4.69) is 5.32 Å². The Hall–Kier alpha value is -2.35. The Kier molecular flexibility index (Phi) is 5.61. The van der Waals surface area contributed by atoms with Crippen LogP contribution in [0.5, 0.6) is 0 Å². The van der Waals surface area contributed by atoms with Crippen molar-refractivity contribution in [2.24, 2.45) is 5.73 Å². The van der Waals surface area contributed by atoms with Gasteiger partial charge >= 0.3 is 0 Å². The maximum Gasteiger partial charge on any atom is 0.255 e. The highest BCUT2D eigenvalue weighted by Crippen LogP contribution is 2.34. The predicted molar refractivity (Wildman–Crippen MR) is 96.3 cm³/mol. The summed E-state index contributed by atoms with van der Waals surface area (Å²) in [5.74, 6) is -0.312. The number of nitrogens with two attached hydrogens (primary N) is 1. The lowest BCUT2D eigenvalue weighted by Gasteiger charge is -2.29. The molecule has 0 aromatic heterocycles. The molecule has 7 nitrogen and oxygen atoms in total. The summed E-state index contributed by atoms with van der Waals surface area (Å²) >= 11 is 1.64. The number of nitrogens with zero attached hydrogens (tertiary/aromatic N) is 1. The molecule has 0 spiro atoms. The first-order valence-electron chi connectivity index (χ1n) is 8.65. The van der Waals surface area contributed by atoms with Crippen LogP contribution in [0.4, 0.5) is 0 Å². The molecule has 26 heavy (non-hydrogen) atoms. The smallest absolute Gasteiger partial charge is 0.255 e. The quantitative estimate of drug-likeness (QED) is 0.423. The fourth-order valence-electron chi connectivity index (χ4n) is 3.28. The minimum atomic E-state index is -0.596. The van der Waals surface area contributed by atoms with Crippen LogP contribution in [0, 0.1) is 0 Å². The molecule has 2 heterocycles. The van der Waals surface area contributed by atoms with Crippen molar-refractivity contribution >= 4 is 35.4 Å². The van der Waals surface area contributed by atoms with Gasteiger partial charge in [-0.25, -0.2) is 0 Å². The van der Waals surface area contributed by atoms with Crippen LogP contribution >= 0.6 is 11.8 Å². The van der Waals surface area contributed by atoms with Crippen molar-refractivity contribution in [1.82, 2.24) is 10.2 Å². The maximum absolute atomic E-state index is 12.7. The lowest BCUT2D eigenvalue weighted by atomic mass is 10.0. The highest BCUT2D eigenvalue weighted by molar-refractivity contribution is 7.99. The zero-order valence-corrected chi connectivity index (χ0v) is 15.1. The topological polar surface area (TPSA) is 110 Å². The Morgan fingerprint density at radius 2 is 2.08 bits per heavy atom. The molecule has 1 saturated heterocycles. The molecule has 3 N–H and O–H groups in total. The van der Waals surface area contributed by atoms with Crippen molar-refractivity contribution in [3.63, 3.8) is 0 Å². The van der Waals surface area contributed by atoms with E-state index in [1.165, 1.54) is 0 Å². The van der Waals surface area contributed by atoms with E-state index in [1.54, 1.807) is 22.7 Å². The molecule has 0 bridgehead atoms. The van der Waals surface area contributed by atoms with E-state index in [4.69, 9.17) is 5.73 Å². The van der Waals surface area contributed by atoms with Gasteiger partial charge in [-0.15, -0.1) is 11.8 Å². The molecular formula is C18H21N3O4S. The number of piperidine rings is 1. The zero-order chi connectivity index (χ0) is 18.7. The Balaban J connectivity index is 1.66. The summed E-state index contributed by atoms with van der Waals surface area (Å²) < 4.78 is 0. The molecule has 1 fully saturated rings. The number of fused-ring (bicyclic) bond motifs is 1. The minimum Gasteiger partial charge on any atom is -0.370 e. The lowest BCUT2D eigenvalue weighted by Crippen LogP contribution is -2.52. The maximum atomic E-state index is 12.7. The average Bonchev–Trinajstić information content (AvgIpc) is 2.92. The van der Waals surface area contributed by atoms with Gasteiger partial charge in [0.25, 0.3) is 5.91 Å². The van der Waals surface area contributed by atoms with E-state index in [-0.39, 0.29) is 24.1 Å². The number of hydrogen-bond donors (Lipinski definition) is 2. The Labute approximate surface area is 155 Å². The number of carbonyl (C=O) groups excluding carboxylic acids is 4. The number of rotatable bonds is 7. The molecule has 1 aromatic rings. The standard InChI is InChI=1S/C18H21N3O4S/c19-15(22)6-1-2-9-26-14-5-3-4-11-12(14)10-21(18(11)25)13-7-8-16(23)20-17(13)24/h3-5,13H,1-2,6-10H2,(H2,19,22)(H,20,23,24). The van der Waals surface area contributed by atoms with E-state index in [9.17, 15) is 19.2 Å². The third-order valence-electron chi connectivity index (χ3n) is 4.61. The van der Waals surface area contributed by atoms with Crippen LogP contribution in [0.15, 0.2) is 23.1 Å². The van der Waals surface area contributed by atoms with Crippen LogP contribution in [0.25, 0.3) is 0 Å². The largest absolute Gasteiger partial charge is 0.370 e. The monoisotopic (exact) mass is 375 g/mol. The van der Waals surface area contributed by atoms with Crippen molar-refractivity contribution in [1.29, 1.82) is 0 Å². The van der Waals surface area contributed by atoms with Crippen molar-refractivity contribution in [3.05, 3.63) is 29.3 Å². The third kappa shape index (κ3) is 3.90. The number of unbranched alkanes of at least 4 members (excludes halogenated alkanes) is 1. The summed E-state index contributed by atoms with van der Waals surface area (Å²) in [6.45, 7) is 0.380. The summed E-state index contributed by atoms with van der Waals surface area (Å²) in [5, 5.41) is 2.31. The summed E-state index contributed by atoms with van der Waals surface area (Å²) in [6.07, 6.45) is 2.61. The molecular weight excluding hydrogens is 354 g/mol. The number of thioether (sulfide) groups is 1. The highest BCUT2D eigenvalue weighted by atomic mass is 32.2. The summed E-state index contributed by atoms with van der Waals surface area (Å²) in [7, 11) is 0. The summed E-state index contributed by atoms with van der Waals surface area (Å²) in [5.41, 5.74) is 6.69. The van der Waals surface area contributed by atoms with Gasteiger partial charge in [0, 0.05) is 29.8 Å². The molecule has 1 aromatic carbocycles. The molecule has 0 saturated carbocycles. The van der Waals surface area contributed by atoms with E-state index >= 15 is 0 Å². The molecule has 8 heteroatoms. The van der Waals surface area contributed by atoms with Crippen LogP contribution in [-0.2, 0) is 20.9 Å². The number of primary amides is 1. The van der Waals surface area contributed by atoms with E-state index in [0.717, 1.165) is 29.1 Å². The summed E-state index contributed by atoms with van der Waals surface area (Å²) in [4.78, 5) is 49.5. The average molecular weight is 375 g/mol. The Morgan fingerprint density at radius 3 is 2.81 bits per heavy atom. The van der Waals surface area contributed by atoms with Gasteiger partial charge < -0.3 is 10.6 Å². The molecule has 4 amide bonds. The van der Waals surface area contributed by atoms with E-state index in [1.807, 2.05) is 12.1 Å². The van der Waals surface area contributed by atoms with Crippen molar-refractivity contribution in [3.8, 4) is 0 Å². The van der Waals surface area contributed by atoms with Gasteiger partial charge in [-0.3, -0.25) is 24.5 Å². The van der Waals surface area contributed by atoms with E-state index in [0.29, 0.717) is 24.9 Å². The van der Waals surface area contributed by atoms with Gasteiger partial charge in [0.15, 0.2) is 0 Å². The normalized spacial score (nSPS) is 19.5. The van der Waals surface area contributed by atoms with Crippen molar-refractivity contribution in [2.75, 3.05) is 5.75 Å². The Bertz CT molecular complexity index is 765. The van der Waals surface area contributed by atoms with Crippen LogP contribution in [0.3, 0.4) is 0 Å². The predicted octanol–water partition coefficient (Wildman–Crippen LogP) is 1.20. The highest BCUT2D eigenvalue weighted by Gasteiger charge is 2.39. The fraction of sp³-hybridized carbons (Fsp3) is 0.444. The number of nitrogens with one attached hydrogen (secondary N) is 1. The molecule has 1 unspecified atom stereocenters. The zero-order valence-electron chi connectivity index (χ0n) is 14.3. The van der Waals surface area contributed by atoms with Gasteiger partial charge in [0.1, 0.15) is 6.04 Å². The SMILES string of the molecule is NC(=O)CCCCSc1cccc2c1CN(C1CCC(=O)NC1=O)C2=O. The second kappa shape index (κ2) is 7.90. The number of benzene rings is 1. The first kappa shape index (κ1) is 18.4. The molecule has 2 aliphatic rings. The minimum absolute atomic E-state index is 0.161. The number of amides is 4. The number of hydrogen-bond acceptors (Lipinski definition) is 5. The van der Waals surface area contributed by atoms with Gasteiger partial charge in [0.2, 0.25) is 17.7 Å². The molecule has 2 aliphatic heterocycles. The number of imide groups is 1. The van der Waals surface area contributed by atoms with Gasteiger partial charge in [-0.05, 0) is 42.7 Å². The van der Waals surface area contributed by atoms with Crippen molar-refractivity contribution < 1.29 is 19.2 Å². The van der Waals surface area contributed by atoms with Crippen LogP contribution in [-0.4, -0.2) is 40.3 Å². The molecule has 1 atom stereocenters. The molecule has 0 aliphatic carbocycles.